The van der Waals surface area contributed by atoms with E-state index in [1.165, 1.54) is 24.3 Å². The van der Waals surface area contributed by atoms with Crippen LogP contribution in [0.1, 0.15) is 6.42 Å². The number of rotatable bonds is 7. The first-order valence-electron chi connectivity index (χ1n) is 5.78. The van der Waals surface area contributed by atoms with Gasteiger partial charge >= 0.3 is 0 Å². The van der Waals surface area contributed by atoms with Crippen molar-refractivity contribution in [1.29, 1.82) is 0 Å². The Bertz CT molecular complexity index is 513. The quantitative estimate of drug-likeness (QED) is 0.442. The molecule has 0 atom stereocenters. The Labute approximate surface area is 111 Å². The van der Waals surface area contributed by atoms with Gasteiger partial charge in [0.05, 0.1) is 11.4 Å². The number of aliphatic hydroxyl groups is 1. The molecule has 1 aromatic rings. The summed E-state index contributed by atoms with van der Waals surface area (Å²) in [6.45, 7) is 1.03. The number of quaternary nitrogens is 1. The van der Waals surface area contributed by atoms with Crippen LogP contribution in [0.3, 0.4) is 0 Å². The summed E-state index contributed by atoms with van der Waals surface area (Å²) in [6, 6.07) is 5.62. The molecule has 6 N–H and O–H groups in total. The minimum absolute atomic E-state index is 0.00000674. The number of carbonyl (C=O) groups is 1. The summed E-state index contributed by atoms with van der Waals surface area (Å²) >= 11 is 0. The van der Waals surface area contributed by atoms with Crippen LogP contribution in [0.2, 0.25) is 0 Å². The van der Waals surface area contributed by atoms with Crippen molar-refractivity contribution in [3.8, 4) is 0 Å². The van der Waals surface area contributed by atoms with Gasteiger partial charge in [-0.3, -0.25) is 4.79 Å². The van der Waals surface area contributed by atoms with Crippen molar-refractivity contribution in [2.24, 2.45) is 5.14 Å². The molecule has 0 saturated carbocycles. The van der Waals surface area contributed by atoms with Gasteiger partial charge in [-0.2, -0.15) is 0 Å². The van der Waals surface area contributed by atoms with E-state index >= 15 is 0 Å². The zero-order chi connectivity index (χ0) is 14.3. The second kappa shape index (κ2) is 7.19. The summed E-state index contributed by atoms with van der Waals surface area (Å²) in [5.74, 6) is -0.193. The van der Waals surface area contributed by atoms with Crippen LogP contribution in [0, 0.1) is 0 Å². The highest BCUT2D eigenvalue weighted by Gasteiger charge is 2.08. The van der Waals surface area contributed by atoms with Crippen molar-refractivity contribution >= 4 is 21.6 Å². The molecule has 0 aliphatic carbocycles. The average molecular weight is 288 g/mol. The zero-order valence-corrected chi connectivity index (χ0v) is 11.2. The first-order chi connectivity index (χ1) is 8.93. The van der Waals surface area contributed by atoms with Gasteiger partial charge in [0.25, 0.3) is 5.91 Å². The Morgan fingerprint density at radius 2 is 1.95 bits per heavy atom. The van der Waals surface area contributed by atoms with E-state index in [0.717, 1.165) is 0 Å². The molecule has 0 saturated heterocycles. The van der Waals surface area contributed by atoms with Gasteiger partial charge in [0.15, 0.2) is 6.54 Å². The standard InChI is InChI=1S/C11H17N3O4S/c12-19(17,18)10-4-2-9(3-5-10)14-11(16)8-13-6-1-7-15/h2-5,13,15H,1,6-8H2,(H,14,16)(H2,12,17,18)/p+1. The summed E-state index contributed by atoms with van der Waals surface area (Å²) in [6.07, 6.45) is 0.635. The minimum Gasteiger partial charge on any atom is -0.396 e. The molecule has 1 amide bonds. The third-order valence-electron chi connectivity index (χ3n) is 2.36. The van der Waals surface area contributed by atoms with Crippen LogP contribution in [0.25, 0.3) is 0 Å². The number of aliphatic hydroxyl groups excluding tert-OH is 1. The Morgan fingerprint density at radius 1 is 1.32 bits per heavy atom. The molecule has 8 heteroatoms. The topological polar surface area (TPSA) is 126 Å². The van der Waals surface area contributed by atoms with Crippen LogP contribution < -0.4 is 15.8 Å². The highest BCUT2D eigenvalue weighted by Crippen LogP contribution is 2.12. The minimum atomic E-state index is -3.71. The van der Waals surface area contributed by atoms with Crippen LogP contribution in [0.5, 0.6) is 0 Å². The molecule has 0 aromatic heterocycles. The third-order valence-corrected chi connectivity index (χ3v) is 3.29. The maximum absolute atomic E-state index is 11.5. The lowest BCUT2D eigenvalue weighted by atomic mass is 10.3. The number of nitrogens with one attached hydrogen (secondary N) is 1. The summed E-state index contributed by atoms with van der Waals surface area (Å²) in [7, 11) is -3.71. The first kappa shape index (κ1) is 15.6. The third kappa shape index (κ3) is 5.79. The number of nitrogens with two attached hydrogens (primary N) is 2. The van der Waals surface area contributed by atoms with E-state index in [-0.39, 0.29) is 24.0 Å². The predicted molar refractivity (Wildman–Crippen MR) is 69.8 cm³/mol. The predicted octanol–water partition coefficient (Wildman–Crippen LogP) is -1.78. The zero-order valence-electron chi connectivity index (χ0n) is 10.4. The van der Waals surface area contributed by atoms with Crippen LogP contribution >= 0.6 is 0 Å². The SMILES string of the molecule is NS(=O)(=O)c1ccc(NC(=O)C[NH2+]CCCO)cc1. The van der Waals surface area contributed by atoms with Gasteiger partial charge in [0.1, 0.15) is 0 Å². The fraction of sp³-hybridized carbons (Fsp3) is 0.364. The van der Waals surface area contributed by atoms with Gasteiger partial charge < -0.3 is 15.7 Å². The van der Waals surface area contributed by atoms with E-state index in [1.807, 2.05) is 0 Å². The number of primary sulfonamides is 1. The fourth-order valence-corrected chi connectivity index (χ4v) is 1.92. The largest absolute Gasteiger partial charge is 0.396 e. The summed E-state index contributed by atoms with van der Waals surface area (Å²) < 4.78 is 22.1. The van der Waals surface area contributed by atoms with Gasteiger partial charge in [-0.15, -0.1) is 0 Å². The molecular formula is C11H18N3O4S+. The van der Waals surface area contributed by atoms with Crippen molar-refractivity contribution in [1.82, 2.24) is 0 Å². The molecule has 1 rings (SSSR count). The molecule has 0 aliphatic rings. The Hall–Kier alpha value is -1.48. The van der Waals surface area contributed by atoms with Crippen LogP contribution in [0.15, 0.2) is 29.2 Å². The Kier molecular flexibility index (Phi) is 5.90. The monoisotopic (exact) mass is 288 g/mol. The normalized spacial score (nSPS) is 11.3. The van der Waals surface area contributed by atoms with Crippen molar-refractivity contribution < 1.29 is 23.6 Å². The van der Waals surface area contributed by atoms with Crippen LogP contribution in [0.4, 0.5) is 5.69 Å². The molecular weight excluding hydrogens is 270 g/mol. The molecule has 1 aromatic carbocycles. The summed E-state index contributed by atoms with van der Waals surface area (Å²) in [5, 5.41) is 18.0. The number of amides is 1. The number of hydrogen-bond acceptors (Lipinski definition) is 4. The molecule has 0 fully saturated rings. The second-order valence-electron chi connectivity index (χ2n) is 3.98. The number of hydrogen-bond donors (Lipinski definition) is 4. The van der Waals surface area contributed by atoms with E-state index < -0.39 is 10.0 Å². The maximum Gasteiger partial charge on any atom is 0.279 e. The van der Waals surface area contributed by atoms with E-state index in [9.17, 15) is 13.2 Å². The number of carbonyl (C=O) groups excluding carboxylic acids is 1. The van der Waals surface area contributed by atoms with Crippen LogP contribution in [-0.2, 0) is 14.8 Å². The lowest BCUT2D eigenvalue weighted by Gasteiger charge is -2.05. The highest BCUT2D eigenvalue weighted by atomic mass is 32.2. The lowest BCUT2D eigenvalue weighted by molar-refractivity contribution is -0.644. The van der Waals surface area contributed by atoms with Gasteiger partial charge in [0, 0.05) is 18.7 Å². The molecule has 106 valence electrons. The fourth-order valence-electron chi connectivity index (χ4n) is 1.41. The average Bonchev–Trinajstić information content (AvgIpc) is 2.34. The highest BCUT2D eigenvalue weighted by molar-refractivity contribution is 7.89. The molecule has 19 heavy (non-hydrogen) atoms. The van der Waals surface area contributed by atoms with Gasteiger partial charge in [-0.25, -0.2) is 13.6 Å². The van der Waals surface area contributed by atoms with Gasteiger partial charge in [-0.1, -0.05) is 0 Å². The van der Waals surface area contributed by atoms with Crippen molar-refractivity contribution in [3.05, 3.63) is 24.3 Å². The smallest absolute Gasteiger partial charge is 0.279 e. The van der Waals surface area contributed by atoms with Crippen molar-refractivity contribution in [3.63, 3.8) is 0 Å². The van der Waals surface area contributed by atoms with E-state index in [2.05, 4.69) is 5.32 Å². The van der Waals surface area contributed by atoms with Crippen LogP contribution in [-0.4, -0.2) is 39.1 Å². The first-order valence-corrected chi connectivity index (χ1v) is 7.33. The van der Waals surface area contributed by atoms with E-state index in [4.69, 9.17) is 10.2 Å². The second-order valence-corrected chi connectivity index (χ2v) is 5.54. The van der Waals surface area contributed by atoms with E-state index in [0.29, 0.717) is 18.7 Å². The number of benzene rings is 1. The molecule has 7 nitrogen and oxygen atoms in total. The molecule has 0 spiro atoms. The van der Waals surface area contributed by atoms with Gasteiger partial charge in [-0.05, 0) is 24.3 Å². The van der Waals surface area contributed by atoms with E-state index in [1.54, 1.807) is 5.32 Å². The number of anilines is 1. The molecule has 0 radical (unpaired) electrons. The Morgan fingerprint density at radius 3 is 2.47 bits per heavy atom. The molecule has 0 heterocycles. The van der Waals surface area contributed by atoms with Crippen molar-refractivity contribution in [2.45, 2.75) is 11.3 Å². The summed E-state index contributed by atoms with van der Waals surface area (Å²) in [5.41, 5.74) is 0.507. The van der Waals surface area contributed by atoms with Gasteiger partial charge in [0.2, 0.25) is 10.0 Å². The lowest BCUT2D eigenvalue weighted by Crippen LogP contribution is -2.86. The van der Waals surface area contributed by atoms with Crippen molar-refractivity contribution in [2.75, 3.05) is 25.0 Å². The molecule has 0 aliphatic heterocycles. The molecule has 0 bridgehead atoms. The molecule has 0 unspecified atom stereocenters. The maximum atomic E-state index is 11.5. The Balaban J connectivity index is 2.47. The number of sulfonamides is 1. The summed E-state index contributed by atoms with van der Waals surface area (Å²) in [4.78, 5) is 11.5.